The Morgan fingerprint density at radius 2 is 1.78 bits per heavy atom. The average molecular weight is 443 g/mol. The van der Waals surface area contributed by atoms with Gasteiger partial charge in [-0.2, -0.15) is 0 Å². The van der Waals surface area contributed by atoms with Crippen molar-refractivity contribution in [1.29, 1.82) is 0 Å². The van der Waals surface area contributed by atoms with E-state index in [1.807, 2.05) is 0 Å². The number of hydrogen-bond acceptors (Lipinski definition) is 7. The molecule has 0 bridgehead atoms. The molecular formula is C24H35FN6O. The summed E-state index contributed by atoms with van der Waals surface area (Å²) in [6, 6.07) is 2.46. The van der Waals surface area contributed by atoms with Crippen LogP contribution in [0.3, 0.4) is 0 Å². The van der Waals surface area contributed by atoms with Gasteiger partial charge in [-0.3, -0.25) is 4.90 Å². The lowest BCUT2D eigenvalue weighted by Gasteiger charge is -2.37. The van der Waals surface area contributed by atoms with Crippen molar-refractivity contribution in [2.75, 3.05) is 44.2 Å². The van der Waals surface area contributed by atoms with Crippen LogP contribution in [-0.4, -0.2) is 64.2 Å². The minimum atomic E-state index is -0.457. The quantitative estimate of drug-likeness (QED) is 0.646. The summed E-state index contributed by atoms with van der Waals surface area (Å²) in [5, 5.41) is 0. The van der Waals surface area contributed by atoms with Crippen LogP contribution in [0.4, 0.5) is 10.2 Å². The van der Waals surface area contributed by atoms with Gasteiger partial charge in [0.15, 0.2) is 5.82 Å². The molecular weight excluding hydrogens is 407 g/mol. The Morgan fingerprint density at radius 1 is 1.09 bits per heavy atom. The number of nitrogens with zero attached hydrogens (tertiary/aromatic N) is 6. The summed E-state index contributed by atoms with van der Waals surface area (Å²) < 4.78 is 18.5. The standard InChI is InChI=1S/C24H35FN6O/c1-17(16-32-23-26-13-19(25)14-27-23)15-30-8-10-31(11-9-30)21-12-20(18-6-5-7-18)28-22(29-21)24(2,3)4/h12-14,17-18H,5-11,15-16H2,1-4H3/t17-/m1/s1. The molecule has 4 rings (SSSR count). The lowest BCUT2D eigenvalue weighted by molar-refractivity contribution is 0.171. The van der Waals surface area contributed by atoms with Crippen LogP contribution in [0.2, 0.25) is 0 Å². The fraction of sp³-hybridized carbons (Fsp3) is 0.667. The lowest BCUT2D eigenvalue weighted by Crippen LogP contribution is -2.48. The van der Waals surface area contributed by atoms with Crippen LogP contribution in [0, 0.1) is 11.7 Å². The van der Waals surface area contributed by atoms with E-state index in [1.165, 1.54) is 25.0 Å². The molecule has 0 aromatic carbocycles. The summed E-state index contributed by atoms with van der Waals surface area (Å²) in [6.45, 7) is 14.1. The van der Waals surface area contributed by atoms with Crippen LogP contribution in [0.25, 0.3) is 0 Å². The number of rotatable bonds is 7. The fourth-order valence-corrected chi connectivity index (χ4v) is 4.11. The summed E-state index contributed by atoms with van der Waals surface area (Å²) in [7, 11) is 0. The van der Waals surface area contributed by atoms with E-state index in [0.717, 1.165) is 56.8 Å². The van der Waals surface area contributed by atoms with Gasteiger partial charge in [0.05, 0.1) is 19.0 Å². The van der Waals surface area contributed by atoms with Crippen LogP contribution in [0.1, 0.15) is 64.4 Å². The molecule has 3 heterocycles. The van der Waals surface area contributed by atoms with Crippen LogP contribution < -0.4 is 9.64 Å². The van der Waals surface area contributed by atoms with Gasteiger partial charge in [-0.15, -0.1) is 0 Å². The molecule has 0 spiro atoms. The molecule has 2 aliphatic rings. The zero-order valence-corrected chi connectivity index (χ0v) is 19.7. The van der Waals surface area contributed by atoms with Crippen molar-refractivity contribution in [3.63, 3.8) is 0 Å². The lowest BCUT2D eigenvalue weighted by atomic mass is 9.82. The van der Waals surface area contributed by atoms with Crippen molar-refractivity contribution < 1.29 is 9.13 Å². The molecule has 2 fully saturated rings. The van der Waals surface area contributed by atoms with Gasteiger partial charge in [-0.05, 0) is 12.8 Å². The summed E-state index contributed by atoms with van der Waals surface area (Å²) in [5.74, 6) is 2.50. The number of ether oxygens (including phenoxy) is 1. The Labute approximate surface area is 190 Å². The minimum absolute atomic E-state index is 0.0556. The molecule has 0 unspecified atom stereocenters. The van der Waals surface area contributed by atoms with Crippen LogP contribution in [0.5, 0.6) is 6.01 Å². The molecule has 1 aliphatic carbocycles. The monoisotopic (exact) mass is 442 g/mol. The van der Waals surface area contributed by atoms with Crippen molar-refractivity contribution in [3.05, 3.63) is 35.8 Å². The first-order chi connectivity index (χ1) is 15.3. The molecule has 32 heavy (non-hydrogen) atoms. The molecule has 2 aromatic rings. The van der Waals surface area contributed by atoms with Gasteiger partial charge in [0, 0.05) is 61.7 Å². The first-order valence-corrected chi connectivity index (χ1v) is 11.7. The van der Waals surface area contributed by atoms with E-state index in [2.05, 4.69) is 53.5 Å². The highest BCUT2D eigenvalue weighted by Crippen LogP contribution is 2.37. The zero-order valence-electron chi connectivity index (χ0n) is 19.7. The molecule has 2 aromatic heterocycles. The Morgan fingerprint density at radius 3 is 2.38 bits per heavy atom. The molecule has 1 aliphatic heterocycles. The Balaban J connectivity index is 1.31. The molecule has 7 nitrogen and oxygen atoms in total. The SMILES string of the molecule is C[C@@H](COc1ncc(F)cn1)CN1CCN(c2cc(C3CCC3)nc(C(C)(C)C)n2)CC1. The molecule has 1 saturated heterocycles. The molecule has 0 N–H and O–H groups in total. The highest BCUT2D eigenvalue weighted by atomic mass is 19.1. The van der Waals surface area contributed by atoms with E-state index in [-0.39, 0.29) is 11.4 Å². The number of anilines is 1. The summed E-state index contributed by atoms with van der Waals surface area (Å²) in [6.07, 6.45) is 6.05. The van der Waals surface area contributed by atoms with Gasteiger partial charge in [0.25, 0.3) is 0 Å². The predicted molar refractivity (Wildman–Crippen MR) is 123 cm³/mol. The highest BCUT2D eigenvalue weighted by Gasteiger charge is 2.28. The maximum atomic E-state index is 12.9. The van der Waals surface area contributed by atoms with Gasteiger partial charge < -0.3 is 9.64 Å². The molecule has 8 heteroatoms. The van der Waals surface area contributed by atoms with E-state index < -0.39 is 5.82 Å². The van der Waals surface area contributed by atoms with E-state index in [0.29, 0.717) is 18.4 Å². The second kappa shape index (κ2) is 9.65. The smallest absolute Gasteiger partial charge is 0.316 e. The normalized spacial score (nSPS) is 19.0. The molecule has 0 amide bonds. The van der Waals surface area contributed by atoms with E-state index >= 15 is 0 Å². The van der Waals surface area contributed by atoms with Crippen molar-refractivity contribution in [1.82, 2.24) is 24.8 Å². The first kappa shape index (κ1) is 22.8. The second-order valence-corrected chi connectivity index (χ2v) is 10.2. The van der Waals surface area contributed by atoms with E-state index in [1.54, 1.807) is 0 Å². The maximum Gasteiger partial charge on any atom is 0.316 e. The molecule has 174 valence electrons. The Hall–Kier alpha value is -2.35. The first-order valence-electron chi connectivity index (χ1n) is 11.7. The minimum Gasteiger partial charge on any atom is -0.463 e. The van der Waals surface area contributed by atoms with Crippen molar-refractivity contribution in [2.45, 2.75) is 58.3 Å². The topological polar surface area (TPSA) is 67.3 Å². The van der Waals surface area contributed by atoms with Gasteiger partial charge >= 0.3 is 6.01 Å². The van der Waals surface area contributed by atoms with Crippen molar-refractivity contribution in [3.8, 4) is 6.01 Å². The number of piperazine rings is 1. The van der Waals surface area contributed by atoms with E-state index in [4.69, 9.17) is 14.7 Å². The third kappa shape index (κ3) is 5.71. The Bertz CT molecular complexity index is 888. The summed E-state index contributed by atoms with van der Waals surface area (Å²) in [4.78, 5) is 22.5. The number of aromatic nitrogens is 4. The average Bonchev–Trinajstić information content (AvgIpc) is 2.72. The zero-order chi connectivity index (χ0) is 22.7. The third-order valence-electron chi connectivity index (χ3n) is 6.29. The fourth-order valence-electron chi connectivity index (χ4n) is 4.11. The second-order valence-electron chi connectivity index (χ2n) is 10.2. The highest BCUT2D eigenvalue weighted by molar-refractivity contribution is 5.42. The largest absolute Gasteiger partial charge is 0.463 e. The van der Waals surface area contributed by atoms with Crippen molar-refractivity contribution >= 4 is 5.82 Å². The summed E-state index contributed by atoms with van der Waals surface area (Å²) in [5.41, 5.74) is 1.17. The molecule has 1 atom stereocenters. The Kier molecular flexibility index (Phi) is 6.88. The number of hydrogen-bond donors (Lipinski definition) is 0. The molecule has 1 saturated carbocycles. The van der Waals surface area contributed by atoms with Gasteiger partial charge in [0.1, 0.15) is 11.6 Å². The number of halogens is 1. The van der Waals surface area contributed by atoms with Crippen LogP contribution in [-0.2, 0) is 5.41 Å². The third-order valence-corrected chi connectivity index (χ3v) is 6.29. The maximum absolute atomic E-state index is 12.9. The van der Waals surface area contributed by atoms with Gasteiger partial charge in [-0.1, -0.05) is 34.1 Å². The predicted octanol–water partition coefficient (Wildman–Crippen LogP) is 3.81. The molecule has 0 radical (unpaired) electrons. The summed E-state index contributed by atoms with van der Waals surface area (Å²) >= 11 is 0. The van der Waals surface area contributed by atoms with Crippen LogP contribution >= 0.6 is 0 Å². The van der Waals surface area contributed by atoms with Gasteiger partial charge in [-0.25, -0.2) is 24.3 Å². The van der Waals surface area contributed by atoms with Crippen molar-refractivity contribution in [2.24, 2.45) is 5.92 Å². The van der Waals surface area contributed by atoms with E-state index in [9.17, 15) is 4.39 Å². The van der Waals surface area contributed by atoms with Gasteiger partial charge in [0.2, 0.25) is 0 Å². The van der Waals surface area contributed by atoms with Crippen LogP contribution in [0.15, 0.2) is 18.5 Å².